The molecular weight excluding hydrogens is 302 g/mol. The Balaban J connectivity index is 2.27. The van der Waals surface area contributed by atoms with Crippen LogP contribution in [0.3, 0.4) is 0 Å². The molecule has 0 aliphatic rings. The zero-order chi connectivity index (χ0) is 16.1. The van der Waals surface area contributed by atoms with Crippen LogP contribution < -0.4 is 5.32 Å². The molecule has 0 bridgehead atoms. The van der Waals surface area contributed by atoms with E-state index in [2.05, 4.69) is 5.32 Å². The second-order valence-corrected chi connectivity index (χ2v) is 5.12. The molecule has 22 heavy (non-hydrogen) atoms. The first kappa shape index (κ1) is 16.0. The number of ether oxygens (including phenoxy) is 1. The van der Waals surface area contributed by atoms with Gasteiger partial charge in [-0.15, -0.1) is 0 Å². The predicted molar refractivity (Wildman–Crippen MR) is 86.6 cm³/mol. The monoisotopic (exact) mass is 317 g/mol. The highest BCUT2D eigenvalue weighted by molar-refractivity contribution is 6.31. The molecule has 1 amide bonds. The highest BCUT2D eigenvalue weighted by Gasteiger charge is 2.15. The van der Waals surface area contributed by atoms with Crippen LogP contribution in [0.15, 0.2) is 42.5 Å². The first-order valence-corrected chi connectivity index (χ1v) is 7.21. The molecule has 5 heteroatoms. The Labute approximate surface area is 134 Å². The van der Waals surface area contributed by atoms with Crippen LogP contribution in [0.25, 0.3) is 0 Å². The number of carbonyl (C=O) groups excluding carboxylic acids is 2. The van der Waals surface area contributed by atoms with Crippen molar-refractivity contribution in [3.63, 3.8) is 0 Å². The Morgan fingerprint density at radius 2 is 1.82 bits per heavy atom. The van der Waals surface area contributed by atoms with Crippen LogP contribution in [0.5, 0.6) is 0 Å². The molecule has 0 unspecified atom stereocenters. The van der Waals surface area contributed by atoms with E-state index in [1.807, 2.05) is 19.1 Å². The molecule has 0 fully saturated rings. The van der Waals surface area contributed by atoms with Crippen LogP contribution in [0.1, 0.15) is 33.2 Å². The summed E-state index contributed by atoms with van der Waals surface area (Å²) in [5.41, 5.74) is 2.23. The van der Waals surface area contributed by atoms with E-state index in [1.165, 1.54) is 19.2 Å². The van der Waals surface area contributed by atoms with Gasteiger partial charge in [0.2, 0.25) is 0 Å². The number of rotatable bonds is 4. The lowest BCUT2D eigenvalue weighted by molar-refractivity contribution is 0.0602. The number of halogens is 1. The molecule has 1 N–H and O–H groups in total. The van der Waals surface area contributed by atoms with Crippen LogP contribution in [0.2, 0.25) is 5.02 Å². The zero-order valence-corrected chi connectivity index (χ0v) is 13.1. The van der Waals surface area contributed by atoms with E-state index in [0.29, 0.717) is 16.3 Å². The predicted octanol–water partition coefficient (Wildman–Crippen LogP) is 3.94. The molecule has 114 valence electrons. The molecule has 0 aliphatic heterocycles. The first-order chi connectivity index (χ1) is 10.5. The number of benzene rings is 2. The number of amides is 1. The minimum absolute atomic E-state index is 0.255. The molecule has 4 nitrogen and oxygen atoms in total. The zero-order valence-electron chi connectivity index (χ0n) is 12.4. The van der Waals surface area contributed by atoms with Gasteiger partial charge in [0.15, 0.2) is 0 Å². The largest absolute Gasteiger partial charge is 0.465 e. The standard InChI is InChI=1S/C17H16ClNO3/c1-3-11-4-6-12(7-5-11)16(20)19-15-10-13(18)8-9-14(15)17(21)22-2/h4-10H,3H2,1-2H3,(H,19,20). The molecule has 0 saturated carbocycles. The fourth-order valence-corrected chi connectivity index (χ4v) is 2.17. The van der Waals surface area contributed by atoms with E-state index in [9.17, 15) is 9.59 Å². The van der Waals surface area contributed by atoms with Crippen molar-refractivity contribution < 1.29 is 14.3 Å². The average Bonchev–Trinajstić information content (AvgIpc) is 2.54. The van der Waals surface area contributed by atoms with E-state index in [-0.39, 0.29) is 11.5 Å². The molecule has 0 saturated heterocycles. The summed E-state index contributed by atoms with van der Waals surface area (Å²) in [7, 11) is 1.28. The Morgan fingerprint density at radius 1 is 1.14 bits per heavy atom. The van der Waals surface area contributed by atoms with Crippen molar-refractivity contribution in [1.29, 1.82) is 0 Å². The topological polar surface area (TPSA) is 55.4 Å². The minimum atomic E-state index is -0.534. The van der Waals surface area contributed by atoms with Crippen molar-refractivity contribution in [2.24, 2.45) is 0 Å². The maximum absolute atomic E-state index is 12.3. The first-order valence-electron chi connectivity index (χ1n) is 6.83. The number of carbonyl (C=O) groups is 2. The minimum Gasteiger partial charge on any atom is -0.465 e. The van der Waals surface area contributed by atoms with Gasteiger partial charge in [-0.2, -0.15) is 0 Å². The Bertz CT molecular complexity index is 696. The van der Waals surface area contributed by atoms with Crippen molar-refractivity contribution in [2.75, 3.05) is 12.4 Å². The van der Waals surface area contributed by atoms with Gasteiger partial charge in [-0.3, -0.25) is 4.79 Å². The number of hydrogen-bond donors (Lipinski definition) is 1. The molecule has 0 aliphatic carbocycles. The molecule has 0 radical (unpaired) electrons. The number of nitrogens with one attached hydrogen (secondary N) is 1. The summed E-state index contributed by atoms with van der Waals surface area (Å²) in [4.78, 5) is 24.0. The summed E-state index contributed by atoms with van der Waals surface area (Å²) < 4.78 is 4.70. The Kier molecular flexibility index (Phi) is 5.17. The van der Waals surface area contributed by atoms with Gasteiger partial charge in [0, 0.05) is 10.6 Å². The van der Waals surface area contributed by atoms with E-state index in [1.54, 1.807) is 18.2 Å². The number of anilines is 1. The van der Waals surface area contributed by atoms with Crippen LogP contribution >= 0.6 is 11.6 Å². The molecule has 2 aromatic carbocycles. The molecular formula is C17H16ClNO3. The summed E-state index contributed by atoms with van der Waals surface area (Å²) in [6.07, 6.45) is 0.905. The normalized spacial score (nSPS) is 10.1. The summed E-state index contributed by atoms with van der Waals surface area (Å²) in [5, 5.41) is 3.12. The lowest BCUT2D eigenvalue weighted by Gasteiger charge is -2.10. The molecule has 0 heterocycles. The van der Waals surface area contributed by atoms with Gasteiger partial charge >= 0.3 is 5.97 Å². The lowest BCUT2D eigenvalue weighted by atomic mass is 10.1. The molecule has 2 aromatic rings. The molecule has 2 rings (SSSR count). The fourth-order valence-electron chi connectivity index (χ4n) is 1.99. The van der Waals surface area contributed by atoms with Gasteiger partial charge in [-0.05, 0) is 42.3 Å². The van der Waals surface area contributed by atoms with Gasteiger partial charge in [-0.25, -0.2) is 4.79 Å². The van der Waals surface area contributed by atoms with Gasteiger partial charge < -0.3 is 10.1 Å². The molecule has 0 spiro atoms. The Hall–Kier alpha value is -2.33. The smallest absolute Gasteiger partial charge is 0.339 e. The van der Waals surface area contributed by atoms with Crippen LogP contribution in [-0.2, 0) is 11.2 Å². The number of esters is 1. The second-order valence-electron chi connectivity index (χ2n) is 4.69. The number of hydrogen-bond acceptors (Lipinski definition) is 3. The number of methoxy groups -OCH3 is 1. The maximum atomic E-state index is 12.3. The van der Waals surface area contributed by atoms with Crippen molar-refractivity contribution in [2.45, 2.75) is 13.3 Å². The average molecular weight is 318 g/mol. The van der Waals surface area contributed by atoms with Gasteiger partial charge in [0.1, 0.15) is 0 Å². The third kappa shape index (κ3) is 3.65. The summed E-state index contributed by atoms with van der Waals surface area (Å²) in [6.45, 7) is 2.05. The third-order valence-corrected chi connectivity index (χ3v) is 3.49. The molecule has 0 aromatic heterocycles. The fraction of sp³-hybridized carbons (Fsp3) is 0.176. The lowest BCUT2D eigenvalue weighted by Crippen LogP contribution is -2.15. The molecule has 0 atom stereocenters. The number of aryl methyl sites for hydroxylation is 1. The summed E-state index contributed by atoms with van der Waals surface area (Å²) in [5.74, 6) is -0.844. The van der Waals surface area contributed by atoms with Crippen LogP contribution in [-0.4, -0.2) is 19.0 Å². The van der Waals surface area contributed by atoms with E-state index in [0.717, 1.165) is 12.0 Å². The second kappa shape index (κ2) is 7.09. The highest BCUT2D eigenvalue weighted by Crippen LogP contribution is 2.22. The summed E-state index contributed by atoms with van der Waals surface area (Å²) in [6, 6.07) is 11.9. The highest BCUT2D eigenvalue weighted by atomic mass is 35.5. The summed E-state index contributed by atoms with van der Waals surface area (Å²) >= 11 is 5.93. The quantitative estimate of drug-likeness (QED) is 0.869. The van der Waals surface area contributed by atoms with Gasteiger partial charge in [-0.1, -0.05) is 30.7 Å². The van der Waals surface area contributed by atoms with Crippen LogP contribution in [0.4, 0.5) is 5.69 Å². The Morgan fingerprint density at radius 3 is 2.41 bits per heavy atom. The van der Waals surface area contributed by atoms with E-state index >= 15 is 0 Å². The van der Waals surface area contributed by atoms with Gasteiger partial charge in [0.25, 0.3) is 5.91 Å². The van der Waals surface area contributed by atoms with Crippen molar-refractivity contribution in [1.82, 2.24) is 0 Å². The van der Waals surface area contributed by atoms with Crippen molar-refractivity contribution >= 4 is 29.2 Å². The van der Waals surface area contributed by atoms with Gasteiger partial charge in [0.05, 0.1) is 18.4 Å². The maximum Gasteiger partial charge on any atom is 0.339 e. The third-order valence-electron chi connectivity index (χ3n) is 3.26. The van der Waals surface area contributed by atoms with E-state index < -0.39 is 5.97 Å². The van der Waals surface area contributed by atoms with Crippen molar-refractivity contribution in [3.05, 3.63) is 64.2 Å². The SMILES string of the molecule is CCc1ccc(C(=O)Nc2cc(Cl)ccc2C(=O)OC)cc1. The van der Waals surface area contributed by atoms with E-state index in [4.69, 9.17) is 16.3 Å². The van der Waals surface area contributed by atoms with Crippen molar-refractivity contribution in [3.8, 4) is 0 Å². The van der Waals surface area contributed by atoms with Crippen LogP contribution in [0, 0.1) is 0 Å².